The highest BCUT2D eigenvalue weighted by Crippen LogP contribution is 2.47. The molecule has 2 heterocycles. The molecule has 2 aliphatic rings. The molecule has 1 saturated heterocycles. The number of carbonyl (C=O) groups excluding carboxylic acids is 1. The molecule has 0 aromatic heterocycles. The number of aliphatic hydroxyl groups excluding tert-OH is 3. The molecule has 1 fully saturated rings. The molecular weight excluding hydrogens is 584 g/mol. The van der Waals surface area contributed by atoms with Gasteiger partial charge in [0.1, 0.15) is 53.8 Å². The molecule has 44 heavy (non-hydrogen) atoms. The van der Waals surface area contributed by atoms with Crippen LogP contribution in [0.25, 0.3) is 12.2 Å². The number of ether oxygens (including phenoxy) is 4. The summed E-state index contributed by atoms with van der Waals surface area (Å²) in [6.07, 6.45) is -5.79. The second-order valence-corrected chi connectivity index (χ2v) is 10.1. The number of aromatic hydroxyl groups is 7. The SMILES string of the molecule is O=C(C=Cc1ccc(O)cc1)OCC1OC(OC2=Cc3c(O)cc(O)cc3[OH+]C2c2cc(O)c(O)c(O)c2)C(O)C(O)C1O. The Morgan fingerprint density at radius 3 is 2.20 bits per heavy atom. The van der Waals surface area contributed by atoms with Crippen LogP contribution >= 0.6 is 0 Å². The predicted octanol–water partition coefficient (Wildman–Crippen LogP) is 1.34. The van der Waals surface area contributed by atoms with Crippen LogP contribution in [0.5, 0.6) is 40.2 Å². The molecule has 0 radical (unpaired) electrons. The van der Waals surface area contributed by atoms with E-state index >= 15 is 0 Å². The number of aliphatic hydroxyl groups is 4. The van der Waals surface area contributed by atoms with E-state index in [1.165, 1.54) is 30.4 Å². The summed E-state index contributed by atoms with van der Waals surface area (Å²) in [5, 5.41) is 91.4. The van der Waals surface area contributed by atoms with E-state index in [0.717, 1.165) is 24.3 Å². The molecule has 2 aliphatic heterocycles. The summed E-state index contributed by atoms with van der Waals surface area (Å²) in [4.78, 5) is 12.3. The van der Waals surface area contributed by atoms with Gasteiger partial charge in [0.25, 0.3) is 11.9 Å². The number of hydrogen-bond acceptors (Lipinski definition) is 13. The van der Waals surface area contributed by atoms with Crippen LogP contribution in [0.2, 0.25) is 0 Å². The largest absolute Gasteiger partial charge is 0.571 e. The molecule has 5 rings (SSSR count). The number of hydrogen-bond donors (Lipinski definition) is 9. The first-order valence-corrected chi connectivity index (χ1v) is 13.1. The molecule has 0 amide bonds. The average Bonchev–Trinajstić information content (AvgIpc) is 2.98. The highest BCUT2D eigenvalue weighted by molar-refractivity contribution is 5.87. The number of fused-ring (bicyclic) bond motifs is 1. The minimum absolute atomic E-state index is 0.0503. The Morgan fingerprint density at radius 2 is 1.52 bits per heavy atom. The average molecular weight is 614 g/mol. The smallest absolute Gasteiger partial charge is 0.330 e. The Labute approximate surface area is 248 Å². The van der Waals surface area contributed by atoms with Crippen molar-refractivity contribution in [1.29, 1.82) is 0 Å². The first-order valence-electron chi connectivity index (χ1n) is 13.1. The van der Waals surface area contributed by atoms with Gasteiger partial charge in [0.05, 0.1) is 11.6 Å². The fourth-order valence-electron chi connectivity index (χ4n) is 4.66. The quantitative estimate of drug-likeness (QED) is 0.0792. The van der Waals surface area contributed by atoms with E-state index in [2.05, 4.69) is 4.74 Å². The Hall–Kier alpha value is -5.15. The van der Waals surface area contributed by atoms with Gasteiger partial charge in [-0.1, -0.05) is 12.1 Å². The number of phenolic OH excluding ortho intramolecular Hbond substituents is 6. The summed E-state index contributed by atoms with van der Waals surface area (Å²) < 4.78 is 21.1. The summed E-state index contributed by atoms with van der Waals surface area (Å²) in [5.41, 5.74) is 0.770. The molecule has 3 aromatic rings. The third kappa shape index (κ3) is 6.28. The number of benzene rings is 3. The van der Waals surface area contributed by atoms with Crippen molar-refractivity contribution < 1.29 is 69.7 Å². The van der Waals surface area contributed by atoms with Gasteiger partial charge >= 0.3 is 5.97 Å². The standard InChI is InChI=1S/C30H28O14/c31-15-4-1-13(2-5-15)3-6-24(36)41-12-23-26(38)27(39)28(40)30(44-23)43-22-11-17-18(33)9-16(32)10-21(17)42-29(22)14-7-19(34)25(37)20(35)8-14/h1-11,23,26-35,37-40H,12H2/p+1. The van der Waals surface area contributed by atoms with E-state index in [4.69, 9.17) is 14.2 Å². The molecule has 0 spiro atoms. The van der Waals surface area contributed by atoms with Crippen molar-refractivity contribution in [3.63, 3.8) is 0 Å². The van der Waals surface area contributed by atoms with Crippen LogP contribution in [0.1, 0.15) is 22.8 Å². The Kier molecular flexibility index (Phi) is 8.42. The minimum Gasteiger partial charge on any atom is -0.571 e. The normalized spacial score (nSPS) is 24.7. The van der Waals surface area contributed by atoms with Crippen LogP contribution in [0.3, 0.4) is 0 Å². The zero-order valence-corrected chi connectivity index (χ0v) is 22.6. The molecule has 6 unspecified atom stereocenters. The van der Waals surface area contributed by atoms with Crippen molar-refractivity contribution in [3.8, 4) is 40.2 Å². The van der Waals surface area contributed by atoms with Crippen LogP contribution < -0.4 is 0 Å². The van der Waals surface area contributed by atoms with Gasteiger partial charge in [0.2, 0.25) is 6.29 Å². The lowest BCUT2D eigenvalue weighted by Gasteiger charge is -2.40. The maximum atomic E-state index is 12.3. The van der Waals surface area contributed by atoms with Gasteiger partial charge in [-0.2, -0.15) is 0 Å². The van der Waals surface area contributed by atoms with Crippen LogP contribution in [0, 0.1) is 0 Å². The monoisotopic (exact) mass is 613 g/mol. The van der Waals surface area contributed by atoms with E-state index in [0.29, 0.717) is 5.56 Å². The second-order valence-electron chi connectivity index (χ2n) is 10.1. The van der Waals surface area contributed by atoms with Gasteiger partial charge in [0.15, 0.2) is 23.0 Å². The maximum Gasteiger partial charge on any atom is 0.330 e. The Balaban J connectivity index is 1.37. The Bertz CT molecular complexity index is 1570. The molecule has 0 aliphatic carbocycles. The van der Waals surface area contributed by atoms with Crippen molar-refractivity contribution in [3.05, 3.63) is 77.1 Å². The third-order valence-corrected chi connectivity index (χ3v) is 6.97. The van der Waals surface area contributed by atoms with E-state index in [1.54, 1.807) is 12.1 Å². The number of rotatable bonds is 7. The lowest BCUT2D eigenvalue weighted by Crippen LogP contribution is -2.59. The van der Waals surface area contributed by atoms with Crippen molar-refractivity contribution in [1.82, 2.24) is 0 Å². The van der Waals surface area contributed by atoms with Crippen molar-refractivity contribution in [2.24, 2.45) is 0 Å². The predicted molar refractivity (Wildman–Crippen MR) is 149 cm³/mol. The fourth-order valence-corrected chi connectivity index (χ4v) is 4.66. The van der Waals surface area contributed by atoms with Gasteiger partial charge < -0.3 is 64.9 Å². The third-order valence-electron chi connectivity index (χ3n) is 6.97. The van der Waals surface area contributed by atoms with Gasteiger partial charge in [-0.3, -0.25) is 0 Å². The first-order chi connectivity index (χ1) is 20.9. The molecule has 3 aromatic carbocycles. The summed E-state index contributed by atoms with van der Waals surface area (Å²) in [6, 6.07) is 10.4. The van der Waals surface area contributed by atoms with Crippen LogP contribution in [-0.4, -0.2) is 94.0 Å². The first kappa shape index (κ1) is 30.3. The number of carbonyl (C=O) groups is 1. The summed E-state index contributed by atoms with van der Waals surface area (Å²) >= 11 is 0. The molecular formula is C30H29O14+. The maximum absolute atomic E-state index is 12.3. The Morgan fingerprint density at radius 1 is 0.841 bits per heavy atom. The van der Waals surface area contributed by atoms with E-state index in [-0.39, 0.29) is 39.9 Å². The molecule has 10 N–H and O–H groups in total. The number of phenols is 6. The zero-order chi connectivity index (χ0) is 31.7. The van der Waals surface area contributed by atoms with Crippen LogP contribution in [0.4, 0.5) is 0 Å². The van der Waals surface area contributed by atoms with E-state index in [9.17, 15) is 50.8 Å². The van der Waals surface area contributed by atoms with Gasteiger partial charge in [0, 0.05) is 18.2 Å². The molecule has 0 bridgehead atoms. The molecule has 232 valence electrons. The molecule has 0 saturated carbocycles. The molecule has 14 heteroatoms. The molecule has 14 nitrogen and oxygen atoms in total. The van der Waals surface area contributed by atoms with Crippen LogP contribution in [0.15, 0.2) is 60.4 Å². The lowest BCUT2D eigenvalue weighted by atomic mass is 9.98. The van der Waals surface area contributed by atoms with Gasteiger partial charge in [-0.25, -0.2) is 4.79 Å². The highest BCUT2D eigenvalue weighted by atomic mass is 16.7. The fraction of sp³-hybridized carbons (Fsp3) is 0.233. The summed E-state index contributed by atoms with van der Waals surface area (Å²) in [7, 11) is 0. The van der Waals surface area contributed by atoms with E-state index in [1.807, 2.05) is 0 Å². The van der Waals surface area contributed by atoms with Crippen molar-refractivity contribution >= 4 is 18.1 Å². The van der Waals surface area contributed by atoms with Gasteiger partial charge in [-0.15, -0.1) is 0 Å². The van der Waals surface area contributed by atoms with E-state index < -0.39 is 66.6 Å². The van der Waals surface area contributed by atoms with Crippen molar-refractivity contribution in [2.45, 2.75) is 36.8 Å². The minimum atomic E-state index is -1.83. The van der Waals surface area contributed by atoms with Crippen LogP contribution in [-0.2, 0) is 19.0 Å². The summed E-state index contributed by atoms with van der Waals surface area (Å²) in [6.45, 7) is -0.557. The lowest BCUT2D eigenvalue weighted by molar-refractivity contribution is -0.296. The highest BCUT2D eigenvalue weighted by Gasteiger charge is 2.47. The molecule has 6 atom stereocenters. The number of esters is 1. The zero-order valence-electron chi connectivity index (χ0n) is 22.6. The van der Waals surface area contributed by atoms with Gasteiger partial charge in [-0.05, 0) is 35.9 Å². The second kappa shape index (κ2) is 12.2. The van der Waals surface area contributed by atoms with Crippen molar-refractivity contribution in [2.75, 3.05) is 6.61 Å². The topological polar surface area (TPSA) is 240 Å². The summed E-state index contributed by atoms with van der Waals surface area (Å²) in [5.74, 6) is -3.66.